The van der Waals surface area contributed by atoms with Crippen molar-refractivity contribution in [1.29, 1.82) is 0 Å². The van der Waals surface area contributed by atoms with Gasteiger partial charge in [-0.15, -0.1) is 0 Å². The van der Waals surface area contributed by atoms with Gasteiger partial charge in [-0.05, 0) is 72.8 Å². The van der Waals surface area contributed by atoms with Crippen molar-refractivity contribution in [2.24, 2.45) is 17.8 Å². The third kappa shape index (κ3) is 5.70. The van der Waals surface area contributed by atoms with Crippen molar-refractivity contribution in [3.63, 3.8) is 0 Å². The number of hydrogen-bond donors (Lipinski definition) is 2. The van der Waals surface area contributed by atoms with E-state index in [0.717, 1.165) is 33.6 Å². The van der Waals surface area contributed by atoms with Gasteiger partial charge in [-0.1, -0.05) is 36.8 Å². The number of nitro benzene ring substituents is 1. The number of nitrogens with zero attached hydrogens (tertiary/aromatic N) is 2. The number of phenols is 1. The summed E-state index contributed by atoms with van der Waals surface area (Å²) in [5, 5.41) is 32.0. The summed E-state index contributed by atoms with van der Waals surface area (Å²) >= 11 is 0. The number of fused-ring (bicyclic) bond motifs is 3. The highest BCUT2D eigenvalue weighted by Gasteiger charge is 2.57. The van der Waals surface area contributed by atoms with E-state index in [1.54, 1.807) is 25.3 Å². The average molecular weight is 560 g/mol. The highest BCUT2D eigenvalue weighted by Crippen LogP contribution is 2.51. The second-order valence-electron chi connectivity index (χ2n) is 10.8. The molecule has 2 fully saturated rings. The zero-order chi connectivity index (χ0) is 29.3. The number of hydrogen-bond acceptors (Lipinski definition) is 8. The normalized spacial score (nSPS) is 24.5. The molecule has 41 heavy (non-hydrogen) atoms. The summed E-state index contributed by atoms with van der Waals surface area (Å²) in [5.41, 5.74) is 3.81. The van der Waals surface area contributed by atoms with Crippen LogP contribution in [0.15, 0.2) is 65.3 Å². The van der Waals surface area contributed by atoms with Gasteiger partial charge in [0.2, 0.25) is 11.8 Å². The number of carbonyl (C=O) groups is 2. The lowest BCUT2D eigenvalue weighted by Crippen LogP contribution is -2.46. The van der Waals surface area contributed by atoms with Crippen LogP contribution < -0.4 is 4.90 Å². The average Bonchev–Trinajstić information content (AvgIpc) is 3.20. The van der Waals surface area contributed by atoms with Crippen LogP contribution >= 0.6 is 0 Å². The molecule has 10 nitrogen and oxygen atoms in total. The van der Waals surface area contributed by atoms with E-state index in [9.17, 15) is 29.8 Å². The number of ether oxygens (including phenoxy) is 1. The van der Waals surface area contributed by atoms with Crippen molar-refractivity contribution in [2.75, 3.05) is 18.6 Å². The molecule has 11 heteroatoms. The molecule has 0 spiro atoms. The molecule has 2 aromatic carbocycles. The van der Waals surface area contributed by atoms with Crippen LogP contribution in [0.2, 0.25) is 6.32 Å². The third-order valence-electron chi connectivity index (χ3n) is 8.35. The molecule has 0 aromatic heterocycles. The number of non-ortho nitro benzene ring substituents is 1. The van der Waals surface area contributed by atoms with Crippen LogP contribution in [0.5, 0.6) is 5.75 Å². The van der Waals surface area contributed by atoms with Crippen molar-refractivity contribution < 1.29 is 34.0 Å². The number of carbonyl (C=O) groups excluding carboxylic acids is 2. The SMILES string of the molecule is CC/C(=C\c1cccc(O)c1)CC[C@H]1OB(O)C[C@H]2C1=C(COC)C[C@H]1C(=O)N(c3cccc([N+](=O)[O-])c3)C(=O)[C@H]12. The number of benzene rings is 2. The Morgan fingerprint density at radius 1 is 1.20 bits per heavy atom. The quantitative estimate of drug-likeness (QED) is 0.150. The predicted octanol–water partition coefficient (Wildman–Crippen LogP) is 4.52. The fraction of sp³-hybridized carbons (Fsp3) is 0.400. The monoisotopic (exact) mass is 560 g/mol. The van der Waals surface area contributed by atoms with Crippen molar-refractivity contribution in [3.05, 3.63) is 80.9 Å². The fourth-order valence-electron chi connectivity index (χ4n) is 6.59. The molecule has 0 radical (unpaired) electrons. The Morgan fingerprint density at radius 3 is 2.68 bits per heavy atom. The van der Waals surface area contributed by atoms with Gasteiger partial charge in [-0.2, -0.15) is 0 Å². The first-order valence-corrected chi connectivity index (χ1v) is 13.9. The van der Waals surface area contributed by atoms with Crippen molar-refractivity contribution in [2.45, 2.75) is 45.0 Å². The Bertz CT molecular complexity index is 1420. The van der Waals surface area contributed by atoms with Crippen LogP contribution in [0, 0.1) is 27.9 Å². The van der Waals surface area contributed by atoms with Crippen molar-refractivity contribution in [1.82, 2.24) is 0 Å². The smallest absolute Gasteiger partial charge is 0.455 e. The summed E-state index contributed by atoms with van der Waals surface area (Å²) in [6.45, 7) is 2.32. The Labute approximate surface area is 238 Å². The van der Waals surface area contributed by atoms with Gasteiger partial charge in [0.15, 0.2) is 0 Å². The molecule has 2 N–H and O–H groups in total. The van der Waals surface area contributed by atoms with Crippen molar-refractivity contribution in [3.8, 4) is 5.75 Å². The van der Waals surface area contributed by atoms with E-state index >= 15 is 0 Å². The Kier molecular flexibility index (Phi) is 8.39. The number of imide groups is 1. The maximum absolute atomic E-state index is 13.8. The second-order valence-corrected chi connectivity index (χ2v) is 10.8. The number of nitro groups is 1. The maximum atomic E-state index is 13.8. The topological polar surface area (TPSA) is 139 Å². The first-order chi connectivity index (χ1) is 19.7. The Morgan fingerprint density at radius 2 is 1.98 bits per heavy atom. The zero-order valence-corrected chi connectivity index (χ0v) is 23.1. The van der Waals surface area contributed by atoms with E-state index < -0.39 is 47.7 Å². The van der Waals surface area contributed by atoms with Crippen LogP contribution in [-0.4, -0.2) is 53.8 Å². The molecule has 1 aliphatic carbocycles. The molecule has 0 saturated carbocycles. The van der Waals surface area contributed by atoms with Gasteiger partial charge >= 0.3 is 7.12 Å². The second kappa shape index (κ2) is 12.0. The molecule has 2 aliphatic heterocycles. The number of methoxy groups -OCH3 is 1. The molecule has 5 rings (SSSR count). The minimum Gasteiger partial charge on any atom is -0.508 e. The number of allylic oxidation sites excluding steroid dienone is 1. The number of aromatic hydroxyl groups is 1. The van der Waals surface area contributed by atoms with Gasteiger partial charge in [0.25, 0.3) is 5.69 Å². The van der Waals surface area contributed by atoms with E-state index in [0.29, 0.717) is 19.3 Å². The highest BCUT2D eigenvalue weighted by atomic mass is 16.6. The molecular formula is C30H33BN2O8. The molecule has 2 amide bonds. The molecule has 4 atom stereocenters. The summed E-state index contributed by atoms with van der Waals surface area (Å²) < 4.78 is 11.6. The zero-order valence-electron chi connectivity index (χ0n) is 23.1. The van der Waals surface area contributed by atoms with E-state index in [1.165, 1.54) is 24.3 Å². The van der Waals surface area contributed by atoms with Gasteiger partial charge in [0.05, 0.1) is 35.2 Å². The first kappa shape index (κ1) is 28.7. The largest absolute Gasteiger partial charge is 0.508 e. The number of rotatable bonds is 9. The van der Waals surface area contributed by atoms with Gasteiger partial charge < -0.3 is 19.5 Å². The Hall–Kier alpha value is -3.80. The molecular weight excluding hydrogens is 527 g/mol. The van der Waals surface area contributed by atoms with Crippen LogP contribution in [0.25, 0.3) is 6.08 Å². The molecule has 2 heterocycles. The highest BCUT2D eigenvalue weighted by molar-refractivity contribution is 6.43. The molecule has 214 valence electrons. The number of anilines is 1. The van der Waals surface area contributed by atoms with Gasteiger partial charge in [-0.25, -0.2) is 4.90 Å². The third-order valence-corrected chi connectivity index (χ3v) is 8.35. The Balaban J connectivity index is 1.45. The number of amides is 2. The van der Waals surface area contributed by atoms with E-state index in [2.05, 4.69) is 6.92 Å². The lowest BCUT2D eigenvalue weighted by atomic mass is 9.58. The van der Waals surface area contributed by atoms with E-state index in [4.69, 9.17) is 9.39 Å². The van der Waals surface area contributed by atoms with E-state index in [1.807, 2.05) is 12.1 Å². The number of phenolic OH excluding ortho intramolecular Hbond substituents is 1. The van der Waals surface area contributed by atoms with E-state index in [-0.39, 0.29) is 30.1 Å². The molecule has 2 saturated heterocycles. The van der Waals surface area contributed by atoms with Crippen LogP contribution in [-0.2, 0) is 19.0 Å². The summed E-state index contributed by atoms with van der Waals surface area (Å²) in [6.07, 6.45) is 4.06. The van der Waals surface area contributed by atoms with Gasteiger partial charge in [0, 0.05) is 19.2 Å². The predicted molar refractivity (Wildman–Crippen MR) is 153 cm³/mol. The minimum atomic E-state index is -1.11. The van der Waals surface area contributed by atoms with Gasteiger partial charge in [0.1, 0.15) is 5.75 Å². The summed E-state index contributed by atoms with van der Waals surface area (Å²) in [5.74, 6) is -2.39. The summed E-state index contributed by atoms with van der Waals surface area (Å²) in [6, 6.07) is 12.6. The molecule has 2 aromatic rings. The molecule has 0 bridgehead atoms. The van der Waals surface area contributed by atoms with Crippen LogP contribution in [0.3, 0.4) is 0 Å². The molecule has 3 aliphatic rings. The lowest BCUT2D eigenvalue weighted by molar-refractivity contribution is -0.384. The molecule has 0 unspecified atom stereocenters. The van der Waals surface area contributed by atoms with Crippen LogP contribution in [0.1, 0.15) is 38.2 Å². The standard InChI is InChI=1S/C30H33BN2O8/c1-3-18(12-19-6-4-9-23(34)13-19)10-11-26-27-20(17-40-2)14-24-28(25(27)16-31(37)41-26)30(36)32(29(24)35)21-7-5-8-22(15-21)33(38)39/h4-9,12-13,15,24-26,28,34,37H,3,10-11,14,16-17H2,1-2H3/b18-12+/t24-,25+,26-,28-/m1/s1. The van der Waals surface area contributed by atoms with Crippen LogP contribution in [0.4, 0.5) is 11.4 Å². The van der Waals surface area contributed by atoms with Gasteiger partial charge in [-0.3, -0.25) is 19.7 Å². The maximum Gasteiger partial charge on any atom is 0.455 e. The summed E-state index contributed by atoms with van der Waals surface area (Å²) in [7, 11) is 0.470. The lowest BCUT2D eigenvalue weighted by Gasteiger charge is -2.43. The van der Waals surface area contributed by atoms with Crippen molar-refractivity contribution >= 4 is 36.4 Å². The fourth-order valence-corrected chi connectivity index (χ4v) is 6.59. The summed E-state index contributed by atoms with van der Waals surface area (Å²) in [4.78, 5) is 39.3. The first-order valence-electron chi connectivity index (χ1n) is 13.9. The minimum absolute atomic E-state index is 0.168.